The van der Waals surface area contributed by atoms with Gasteiger partial charge < -0.3 is 28.9 Å². The van der Waals surface area contributed by atoms with Crippen molar-refractivity contribution in [3.8, 4) is 0 Å². The number of rotatable bonds is 5. The Morgan fingerprint density at radius 3 is 1.53 bits per heavy atom. The lowest BCUT2D eigenvalue weighted by Gasteiger charge is -2.05. The van der Waals surface area contributed by atoms with E-state index in [2.05, 4.69) is 17.0 Å². The van der Waals surface area contributed by atoms with Gasteiger partial charge in [-0.2, -0.15) is 0 Å². The number of aliphatic carboxylic acids is 1. The first kappa shape index (κ1) is 22.7. The van der Waals surface area contributed by atoms with Gasteiger partial charge in [0.2, 0.25) is 0 Å². The van der Waals surface area contributed by atoms with Crippen molar-refractivity contribution in [1.29, 1.82) is 0 Å². The van der Waals surface area contributed by atoms with E-state index in [0.29, 0.717) is 6.61 Å². The number of primary amides is 1. The third-order valence-electron chi connectivity index (χ3n) is 1.23. The Kier molecular flexibility index (Phi) is 19.8. The van der Waals surface area contributed by atoms with Gasteiger partial charge in [0.15, 0.2) is 0 Å². The van der Waals surface area contributed by atoms with Gasteiger partial charge >= 0.3 is 21.6 Å². The van der Waals surface area contributed by atoms with Crippen molar-refractivity contribution >= 4 is 21.6 Å². The summed E-state index contributed by atoms with van der Waals surface area (Å²) in [4.78, 5) is 19.2. The average Bonchev–Trinajstić information content (AvgIpc) is 2.32. The van der Waals surface area contributed by atoms with Crippen molar-refractivity contribution in [3.05, 3.63) is 12.2 Å². The van der Waals surface area contributed by atoms with Crippen LogP contribution in [0, 0.1) is 0 Å². The molecule has 114 valence electrons. The summed E-state index contributed by atoms with van der Waals surface area (Å²) >= 11 is 0. The van der Waals surface area contributed by atoms with Gasteiger partial charge in [-0.05, 0) is 13.8 Å². The van der Waals surface area contributed by atoms with Crippen LogP contribution in [0.3, 0.4) is 0 Å². The monoisotopic (exact) mass is 297 g/mol. The second-order valence-electron chi connectivity index (χ2n) is 2.83. The van der Waals surface area contributed by atoms with E-state index in [9.17, 15) is 9.59 Å². The molecule has 0 aromatic heterocycles. The summed E-state index contributed by atoms with van der Waals surface area (Å²) in [5.41, 5.74) is 4.72. The molecule has 3 N–H and O–H groups in total. The fraction of sp³-hybridized carbons (Fsp3) is 0.600. The molecule has 0 bridgehead atoms. The third kappa shape index (κ3) is 26.3. The van der Waals surface area contributed by atoms with Crippen LogP contribution in [0.25, 0.3) is 0 Å². The number of carboxylic acid groups (broad SMARTS) is 1. The van der Waals surface area contributed by atoms with E-state index < -0.39 is 21.6 Å². The molecule has 0 saturated carbocycles. The van der Waals surface area contributed by atoms with E-state index in [-0.39, 0.29) is 5.57 Å². The fourth-order valence-electron chi connectivity index (χ4n) is 0.431. The second-order valence-corrected chi connectivity index (χ2v) is 4.82. The van der Waals surface area contributed by atoms with Gasteiger partial charge in [0, 0.05) is 26.9 Å². The molecule has 1 amide bonds. The maximum absolute atomic E-state index is 9.60. The van der Waals surface area contributed by atoms with Crippen LogP contribution < -0.4 is 5.73 Å². The van der Waals surface area contributed by atoms with Gasteiger partial charge in [-0.3, -0.25) is 0 Å². The van der Waals surface area contributed by atoms with Crippen LogP contribution in [0.1, 0.15) is 13.8 Å². The van der Waals surface area contributed by atoms with Crippen LogP contribution in [0.2, 0.25) is 0 Å². The third-order valence-corrected chi connectivity index (χ3v) is 2.38. The summed E-state index contributed by atoms with van der Waals surface area (Å²) < 4.78 is 18.4. The molecule has 0 aromatic carbocycles. The number of nitrogens with two attached hydrogens (primary N) is 1. The zero-order valence-electron chi connectivity index (χ0n) is 12.0. The highest BCUT2D eigenvalue weighted by molar-refractivity contribution is 6.36. The molecule has 0 spiro atoms. The fourth-order valence-corrected chi connectivity index (χ4v) is 1.01. The first-order valence-electron chi connectivity index (χ1n) is 5.16. The van der Waals surface area contributed by atoms with E-state index in [4.69, 9.17) is 18.4 Å². The highest BCUT2D eigenvalue weighted by atomic mass is 28.3. The van der Waals surface area contributed by atoms with Crippen LogP contribution in [-0.4, -0.2) is 54.6 Å². The molecule has 0 aliphatic heterocycles. The molecule has 0 aromatic rings. The smallest absolute Gasteiger partial charge is 0.478 e. The summed E-state index contributed by atoms with van der Waals surface area (Å²) in [6.45, 7) is 6.66. The lowest BCUT2D eigenvalue weighted by molar-refractivity contribution is -0.132. The van der Waals surface area contributed by atoms with Crippen molar-refractivity contribution in [2.75, 3.05) is 27.9 Å². The lowest BCUT2D eigenvalue weighted by Crippen LogP contribution is -2.21. The molecular weight excluding hydrogens is 274 g/mol. The summed E-state index contributed by atoms with van der Waals surface area (Å²) in [6, 6.07) is 0. The molecule has 0 aliphatic carbocycles. The molecule has 0 heterocycles. The largest absolute Gasteiger partial charge is 0.483 e. The highest BCUT2D eigenvalue weighted by Gasteiger charge is 2.04. The van der Waals surface area contributed by atoms with Gasteiger partial charge in [0.05, 0.1) is 6.61 Å². The van der Waals surface area contributed by atoms with E-state index >= 15 is 0 Å². The van der Waals surface area contributed by atoms with Gasteiger partial charge in [0.1, 0.15) is 0 Å². The van der Waals surface area contributed by atoms with Crippen LogP contribution in [0.15, 0.2) is 12.2 Å². The van der Waals surface area contributed by atoms with E-state index in [1.165, 1.54) is 6.92 Å². The van der Waals surface area contributed by atoms with Crippen LogP contribution in [0.4, 0.5) is 4.79 Å². The second kappa shape index (κ2) is 16.6. The van der Waals surface area contributed by atoms with Crippen molar-refractivity contribution in [1.82, 2.24) is 0 Å². The first-order chi connectivity index (χ1) is 8.76. The Labute approximate surface area is 115 Å². The molecule has 0 atom stereocenters. The predicted octanol–water partition coefficient (Wildman–Crippen LogP) is 0.392. The number of carbonyl (C=O) groups is 2. The average molecular weight is 297 g/mol. The molecule has 8 nitrogen and oxygen atoms in total. The number of hydrogen-bond donors (Lipinski definition) is 2. The zero-order valence-corrected chi connectivity index (χ0v) is 13.1. The minimum absolute atomic E-state index is 0.176. The summed E-state index contributed by atoms with van der Waals surface area (Å²) in [7, 11) is 3.05. The molecule has 0 saturated heterocycles. The standard InChI is InChI=1S/C4H6O2.C3H7NO2.C3H10O3Si/c1-3(2)4(5)6;1-2-6-3(4)5;1-4-7(5-2)6-3/h1H2,2H3,(H,5,6);2H2,1H3,(H2,4,5);7H,1-3H3. The van der Waals surface area contributed by atoms with E-state index in [0.717, 1.165) is 0 Å². The quantitative estimate of drug-likeness (QED) is 0.556. The van der Waals surface area contributed by atoms with Crippen LogP contribution in [-0.2, 0) is 22.8 Å². The maximum Gasteiger partial charge on any atom is 0.483 e. The van der Waals surface area contributed by atoms with Crippen LogP contribution >= 0.6 is 0 Å². The summed E-state index contributed by atoms with van der Waals surface area (Å²) in [5, 5.41) is 7.89. The van der Waals surface area contributed by atoms with E-state index in [1.54, 1.807) is 28.3 Å². The zero-order chi connectivity index (χ0) is 15.8. The molecule has 9 heteroatoms. The highest BCUT2D eigenvalue weighted by Crippen LogP contribution is 1.81. The van der Waals surface area contributed by atoms with Gasteiger partial charge in [-0.15, -0.1) is 0 Å². The first-order valence-corrected chi connectivity index (χ1v) is 6.57. The number of ether oxygens (including phenoxy) is 1. The number of carboxylic acids is 1. The van der Waals surface area contributed by atoms with Gasteiger partial charge in [-0.25, -0.2) is 9.59 Å². The van der Waals surface area contributed by atoms with Gasteiger partial charge in [0.25, 0.3) is 0 Å². The molecular formula is C10H23NO7Si. The van der Waals surface area contributed by atoms with E-state index in [1.807, 2.05) is 0 Å². The number of hydrogen-bond acceptors (Lipinski definition) is 6. The topological polar surface area (TPSA) is 117 Å². The van der Waals surface area contributed by atoms with Crippen LogP contribution in [0.5, 0.6) is 0 Å². The Morgan fingerprint density at radius 2 is 1.53 bits per heavy atom. The molecule has 0 rings (SSSR count). The molecule has 19 heavy (non-hydrogen) atoms. The van der Waals surface area contributed by atoms with Crippen molar-refractivity contribution < 1.29 is 32.7 Å². The van der Waals surface area contributed by atoms with Crippen molar-refractivity contribution in [2.24, 2.45) is 5.73 Å². The minimum Gasteiger partial charge on any atom is -0.478 e. The molecule has 0 unspecified atom stereocenters. The minimum atomic E-state index is -1.67. The molecule has 0 radical (unpaired) electrons. The van der Waals surface area contributed by atoms with Gasteiger partial charge in [-0.1, -0.05) is 6.58 Å². The summed E-state index contributed by atoms with van der Waals surface area (Å²) in [5.74, 6) is -0.935. The normalized spacial score (nSPS) is 8.53. The Bertz CT molecular complexity index is 239. The number of amides is 1. The van der Waals surface area contributed by atoms with Crippen molar-refractivity contribution in [3.63, 3.8) is 0 Å². The SMILES string of the molecule is C=C(C)C(=O)O.CCOC(N)=O.CO[SiH](OC)OC. The molecule has 0 aliphatic rings. The summed E-state index contributed by atoms with van der Waals surface area (Å²) in [6.07, 6.45) is -0.711. The Balaban J connectivity index is -0.000000203. The number of carbonyl (C=O) groups excluding carboxylic acids is 1. The Morgan fingerprint density at radius 1 is 1.21 bits per heavy atom. The Hall–Kier alpha value is -1.42. The maximum atomic E-state index is 9.60. The molecule has 0 fully saturated rings. The van der Waals surface area contributed by atoms with Crippen molar-refractivity contribution in [2.45, 2.75) is 13.8 Å². The predicted molar refractivity (Wildman–Crippen MR) is 71.8 cm³/mol. The lowest BCUT2D eigenvalue weighted by atomic mass is 10.4.